The van der Waals surface area contributed by atoms with Crippen LogP contribution in [0.15, 0.2) is 42.5 Å². The van der Waals surface area contributed by atoms with E-state index in [2.05, 4.69) is 0 Å². The van der Waals surface area contributed by atoms with Crippen molar-refractivity contribution in [2.45, 2.75) is 0 Å². The van der Waals surface area contributed by atoms with Crippen LogP contribution in [0.2, 0.25) is 0 Å². The first kappa shape index (κ1) is 9.42. The van der Waals surface area contributed by atoms with E-state index < -0.39 is 0 Å². The molecule has 0 N–H and O–H groups in total. The lowest BCUT2D eigenvalue weighted by Gasteiger charge is -2.02. The molecule has 2 rings (SSSR count). The Labute approximate surface area is 87.1 Å². The SMILES string of the molecule is N#CC=Cc1ccc(F)c2ccccc12. The lowest BCUT2D eigenvalue weighted by Crippen LogP contribution is -1.82. The molecule has 0 aliphatic heterocycles. The summed E-state index contributed by atoms with van der Waals surface area (Å²) in [5.74, 6) is -0.236. The molecule has 0 bridgehead atoms. The minimum atomic E-state index is -0.236. The van der Waals surface area contributed by atoms with E-state index in [4.69, 9.17) is 5.26 Å². The first-order valence-corrected chi connectivity index (χ1v) is 4.56. The number of benzene rings is 2. The zero-order valence-corrected chi connectivity index (χ0v) is 7.94. The topological polar surface area (TPSA) is 23.8 Å². The van der Waals surface area contributed by atoms with E-state index in [1.165, 1.54) is 12.1 Å². The second-order valence-electron chi connectivity index (χ2n) is 3.14. The number of halogens is 1. The lowest BCUT2D eigenvalue weighted by atomic mass is 10.0. The van der Waals surface area contributed by atoms with Crippen LogP contribution >= 0.6 is 0 Å². The molecule has 2 heteroatoms. The Morgan fingerprint density at radius 1 is 1.07 bits per heavy atom. The number of hydrogen-bond acceptors (Lipinski definition) is 1. The Bertz CT molecular complexity index is 564. The molecule has 0 saturated heterocycles. The minimum Gasteiger partial charge on any atom is -0.206 e. The average Bonchev–Trinajstić information content (AvgIpc) is 2.29. The van der Waals surface area contributed by atoms with Crippen molar-refractivity contribution in [1.82, 2.24) is 0 Å². The van der Waals surface area contributed by atoms with Crippen LogP contribution in [0.4, 0.5) is 4.39 Å². The molecule has 0 atom stereocenters. The second kappa shape index (κ2) is 3.93. The Kier molecular flexibility index (Phi) is 2.47. The van der Waals surface area contributed by atoms with Crippen molar-refractivity contribution in [3.63, 3.8) is 0 Å². The molecule has 15 heavy (non-hydrogen) atoms. The molecule has 0 radical (unpaired) electrons. The fraction of sp³-hybridized carbons (Fsp3) is 0. The van der Waals surface area contributed by atoms with Crippen LogP contribution in [-0.2, 0) is 0 Å². The Morgan fingerprint density at radius 2 is 1.80 bits per heavy atom. The number of allylic oxidation sites excluding steroid dienone is 1. The third-order valence-electron chi connectivity index (χ3n) is 2.24. The average molecular weight is 197 g/mol. The Hall–Kier alpha value is -2.14. The first-order valence-electron chi connectivity index (χ1n) is 4.56. The van der Waals surface area contributed by atoms with Gasteiger partial charge in [0.05, 0.1) is 6.07 Å². The number of nitriles is 1. The molecule has 0 amide bonds. The molecule has 0 saturated carbocycles. The van der Waals surface area contributed by atoms with Crippen LogP contribution in [0, 0.1) is 17.1 Å². The van der Waals surface area contributed by atoms with Crippen molar-refractivity contribution in [1.29, 1.82) is 5.26 Å². The predicted molar refractivity (Wildman–Crippen MR) is 58.6 cm³/mol. The van der Waals surface area contributed by atoms with Crippen molar-refractivity contribution in [3.05, 3.63) is 53.9 Å². The van der Waals surface area contributed by atoms with Gasteiger partial charge >= 0.3 is 0 Å². The molecular formula is C13H8FN. The summed E-state index contributed by atoms with van der Waals surface area (Å²) in [6, 6.07) is 12.2. The molecular weight excluding hydrogens is 189 g/mol. The molecule has 2 aromatic carbocycles. The van der Waals surface area contributed by atoms with Gasteiger partial charge in [-0.05, 0) is 23.1 Å². The second-order valence-corrected chi connectivity index (χ2v) is 3.14. The summed E-state index contributed by atoms with van der Waals surface area (Å²) in [7, 11) is 0. The Morgan fingerprint density at radius 3 is 2.53 bits per heavy atom. The molecule has 0 spiro atoms. The van der Waals surface area contributed by atoms with Crippen molar-refractivity contribution >= 4 is 16.8 Å². The maximum Gasteiger partial charge on any atom is 0.131 e. The van der Waals surface area contributed by atoms with E-state index in [1.54, 1.807) is 24.3 Å². The van der Waals surface area contributed by atoms with E-state index in [1.807, 2.05) is 18.2 Å². The van der Waals surface area contributed by atoms with E-state index in [9.17, 15) is 4.39 Å². The highest BCUT2D eigenvalue weighted by molar-refractivity contribution is 5.91. The van der Waals surface area contributed by atoms with E-state index in [0.29, 0.717) is 5.39 Å². The van der Waals surface area contributed by atoms with Gasteiger partial charge in [-0.1, -0.05) is 30.3 Å². The molecule has 72 valence electrons. The molecule has 0 aliphatic rings. The lowest BCUT2D eigenvalue weighted by molar-refractivity contribution is 0.640. The van der Waals surface area contributed by atoms with Gasteiger partial charge in [0, 0.05) is 11.5 Å². The zero-order valence-electron chi connectivity index (χ0n) is 7.94. The summed E-state index contributed by atoms with van der Waals surface area (Å²) in [5.41, 5.74) is 0.855. The van der Waals surface area contributed by atoms with Gasteiger partial charge in [-0.2, -0.15) is 5.26 Å². The number of fused-ring (bicyclic) bond motifs is 1. The van der Waals surface area contributed by atoms with Crippen LogP contribution in [-0.4, -0.2) is 0 Å². The monoisotopic (exact) mass is 197 g/mol. The first-order chi connectivity index (χ1) is 7.33. The van der Waals surface area contributed by atoms with Gasteiger partial charge in [-0.15, -0.1) is 0 Å². The molecule has 0 aromatic heterocycles. The quantitative estimate of drug-likeness (QED) is 0.641. The normalized spacial score (nSPS) is 10.7. The van der Waals surface area contributed by atoms with Gasteiger partial charge in [-0.3, -0.25) is 0 Å². The highest BCUT2D eigenvalue weighted by Crippen LogP contribution is 2.22. The summed E-state index contributed by atoms with van der Waals surface area (Å²) >= 11 is 0. The van der Waals surface area contributed by atoms with Crippen LogP contribution in [0.5, 0.6) is 0 Å². The standard InChI is InChI=1S/C13H8FN/c14-13-8-7-10(4-3-9-15)11-5-1-2-6-12(11)13/h1-8H. The predicted octanol–water partition coefficient (Wildman–Crippen LogP) is 3.52. The van der Waals surface area contributed by atoms with Crippen molar-refractivity contribution < 1.29 is 4.39 Å². The molecule has 2 aromatic rings. The molecule has 1 nitrogen and oxygen atoms in total. The fourth-order valence-corrected chi connectivity index (χ4v) is 1.56. The van der Waals surface area contributed by atoms with Crippen LogP contribution in [0.1, 0.15) is 5.56 Å². The van der Waals surface area contributed by atoms with Crippen molar-refractivity contribution in [2.75, 3.05) is 0 Å². The van der Waals surface area contributed by atoms with Gasteiger partial charge in [0.15, 0.2) is 0 Å². The van der Waals surface area contributed by atoms with Crippen LogP contribution in [0.3, 0.4) is 0 Å². The molecule has 0 heterocycles. The molecule has 0 fully saturated rings. The summed E-state index contributed by atoms with van der Waals surface area (Å²) in [6.45, 7) is 0. The third kappa shape index (κ3) is 1.72. The van der Waals surface area contributed by atoms with Gasteiger partial charge in [0.25, 0.3) is 0 Å². The van der Waals surface area contributed by atoms with Crippen molar-refractivity contribution in [2.24, 2.45) is 0 Å². The number of hydrogen-bond donors (Lipinski definition) is 0. The smallest absolute Gasteiger partial charge is 0.131 e. The summed E-state index contributed by atoms with van der Waals surface area (Å²) in [5, 5.41) is 9.85. The van der Waals surface area contributed by atoms with Gasteiger partial charge in [0.1, 0.15) is 5.82 Å². The van der Waals surface area contributed by atoms with E-state index >= 15 is 0 Å². The zero-order chi connectivity index (χ0) is 10.7. The van der Waals surface area contributed by atoms with E-state index in [-0.39, 0.29) is 5.82 Å². The maximum atomic E-state index is 13.4. The maximum absolute atomic E-state index is 13.4. The van der Waals surface area contributed by atoms with Gasteiger partial charge in [-0.25, -0.2) is 4.39 Å². The molecule has 0 aliphatic carbocycles. The van der Waals surface area contributed by atoms with Gasteiger partial charge in [0.2, 0.25) is 0 Å². The fourth-order valence-electron chi connectivity index (χ4n) is 1.56. The third-order valence-corrected chi connectivity index (χ3v) is 2.24. The summed E-state index contributed by atoms with van der Waals surface area (Å²) < 4.78 is 13.4. The number of rotatable bonds is 1. The molecule has 0 unspecified atom stereocenters. The van der Waals surface area contributed by atoms with Crippen LogP contribution in [0.25, 0.3) is 16.8 Å². The van der Waals surface area contributed by atoms with Gasteiger partial charge < -0.3 is 0 Å². The highest BCUT2D eigenvalue weighted by atomic mass is 19.1. The Balaban J connectivity index is 2.73. The highest BCUT2D eigenvalue weighted by Gasteiger charge is 2.02. The summed E-state index contributed by atoms with van der Waals surface area (Å²) in [6.07, 6.45) is 3.07. The van der Waals surface area contributed by atoms with Crippen LogP contribution < -0.4 is 0 Å². The number of nitrogens with zero attached hydrogens (tertiary/aromatic N) is 1. The van der Waals surface area contributed by atoms with E-state index in [0.717, 1.165) is 10.9 Å². The summed E-state index contributed by atoms with van der Waals surface area (Å²) in [4.78, 5) is 0. The largest absolute Gasteiger partial charge is 0.206 e. The van der Waals surface area contributed by atoms with Crippen molar-refractivity contribution in [3.8, 4) is 6.07 Å². The minimum absolute atomic E-state index is 0.236.